The Hall–Kier alpha value is -0.810. The number of carbonyl (C=O) groups is 1. The van der Waals surface area contributed by atoms with E-state index in [9.17, 15) is 4.79 Å². The number of ether oxygens (including phenoxy) is 1. The first-order valence-electron chi connectivity index (χ1n) is 9.62. The normalized spacial score (nSPS) is 29.4. The molecule has 2 N–H and O–H groups in total. The molecule has 140 valence electrons. The summed E-state index contributed by atoms with van der Waals surface area (Å²) in [7, 11) is 0. The number of carbonyl (C=O) groups excluding carboxylic acids is 1. The Morgan fingerprint density at radius 1 is 1.17 bits per heavy atom. The van der Waals surface area contributed by atoms with Gasteiger partial charge in [-0.15, -0.1) is 0 Å². The summed E-state index contributed by atoms with van der Waals surface area (Å²) < 4.78 is 5.31. The summed E-state index contributed by atoms with van der Waals surface area (Å²) in [6.07, 6.45) is 3.68. The summed E-state index contributed by atoms with van der Waals surface area (Å²) >= 11 is 0. The molecule has 0 spiro atoms. The molecular weight excluding hydrogens is 302 g/mol. The average Bonchev–Trinajstić information content (AvgIpc) is 2.42. The van der Waals surface area contributed by atoms with Crippen LogP contribution in [0.5, 0.6) is 0 Å². The Labute approximate surface area is 147 Å². The van der Waals surface area contributed by atoms with Crippen LogP contribution in [0.1, 0.15) is 60.8 Å². The van der Waals surface area contributed by atoms with Gasteiger partial charge in [-0.1, -0.05) is 6.42 Å². The third kappa shape index (κ3) is 5.62. The van der Waals surface area contributed by atoms with Crippen molar-refractivity contribution in [2.45, 2.75) is 84.5 Å². The van der Waals surface area contributed by atoms with Crippen LogP contribution in [0.3, 0.4) is 0 Å². The van der Waals surface area contributed by atoms with Crippen molar-refractivity contribution in [1.82, 2.24) is 15.5 Å². The van der Waals surface area contributed by atoms with Gasteiger partial charge in [0.05, 0.1) is 0 Å². The van der Waals surface area contributed by atoms with Gasteiger partial charge in [0.25, 0.3) is 0 Å². The molecule has 0 aromatic heterocycles. The molecule has 2 bridgehead atoms. The van der Waals surface area contributed by atoms with Gasteiger partial charge in [-0.2, -0.15) is 0 Å². The van der Waals surface area contributed by atoms with Crippen LogP contribution in [-0.4, -0.2) is 54.4 Å². The Morgan fingerprint density at radius 2 is 1.75 bits per heavy atom. The standard InChI is InChI=1S/C19H37N3O2/c1-13(2)22-11-15-8-7-9-16(12-22)17(15)21-14(3)10-20-18(23)24-19(4,5)6/h13-17,21H,7-12H2,1-6H3,(H,20,23). The van der Waals surface area contributed by atoms with E-state index in [0.717, 1.165) is 11.8 Å². The molecule has 2 fully saturated rings. The van der Waals surface area contributed by atoms with Gasteiger partial charge in [-0.05, 0) is 66.2 Å². The second kappa shape index (κ2) is 8.05. The zero-order valence-electron chi connectivity index (χ0n) is 16.4. The summed E-state index contributed by atoms with van der Waals surface area (Å²) in [4.78, 5) is 14.4. The minimum Gasteiger partial charge on any atom is -0.444 e. The fourth-order valence-electron chi connectivity index (χ4n) is 4.10. The fraction of sp³-hybridized carbons (Fsp3) is 0.947. The summed E-state index contributed by atoms with van der Waals surface area (Å²) in [5, 5.41) is 6.69. The van der Waals surface area contributed by atoms with Crippen molar-refractivity contribution in [3.8, 4) is 0 Å². The van der Waals surface area contributed by atoms with Crippen LogP contribution in [0.25, 0.3) is 0 Å². The van der Waals surface area contributed by atoms with Gasteiger partial charge >= 0.3 is 6.09 Å². The molecule has 24 heavy (non-hydrogen) atoms. The molecule has 1 saturated carbocycles. The number of rotatable bonds is 5. The lowest BCUT2D eigenvalue weighted by molar-refractivity contribution is 0.0250. The van der Waals surface area contributed by atoms with Crippen LogP contribution in [0.4, 0.5) is 4.79 Å². The summed E-state index contributed by atoms with van der Waals surface area (Å²) in [5.41, 5.74) is -0.443. The first-order valence-corrected chi connectivity index (χ1v) is 9.62. The van der Waals surface area contributed by atoms with Crippen LogP contribution in [0.2, 0.25) is 0 Å². The van der Waals surface area contributed by atoms with Gasteiger partial charge in [0.2, 0.25) is 0 Å². The van der Waals surface area contributed by atoms with E-state index < -0.39 is 5.60 Å². The van der Waals surface area contributed by atoms with Gasteiger partial charge in [-0.25, -0.2) is 4.79 Å². The average molecular weight is 340 g/mol. The molecule has 2 rings (SSSR count). The fourth-order valence-corrected chi connectivity index (χ4v) is 4.10. The van der Waals surface area contributed by atoms with E-state index in [4.69, 9.17) is 4.74 Å². The molecule has 3 atom stereocenters. The molecule has 5 heteroatoms. The third-order valence-electron chi connectivity index (χ3n) is 5.26. The van der Waals surface area contributed by atoms with Crippen molar-refractivity contribution < 1.29 is 9.53 Å². The van der Waals surface area contributed by atoms with E-state index in [2.05, 4.69) is 36.3 Å². The number of alkyl carbamates (subject to hydrolysis) is 1. The third-order valence-corrected chi connectivity index (χ3v) is 5.26. The Morgan fingerprint density at radius 3 is 2.25 bits per heavy atom. The number of fused-ring (bicyclic) bond motifs is 2. The molecule has 3 unspecified atom stereocenters. The molecule has 1 aliphatic carbocycles. The maximum atomic E-state index is 11.8. The first kappa shape index (κ1) is 19.5. The molecule has 1 amide bonds. The van der Waals surface area contributed by atoms with Crippen LogP contribution in [0, 0.1) is 11.8 Å². The van der Waals surface area contributed by atoms with Crippen molar-refractivity contribution in [1.29, 1.82) is 0 Å². The highest BCUT2D eigenvalue weighted by atomic mass is 16.6. The highest BCUT2D eigenvalue weighted by Gasteiger charge is 2.40. The molecule has 1 aliphatic heterocycles. The monoisotopic (exact) mass is 339 g/mol. The Balaban J connectivity index is 1.81. The molecule has 5 nitrogen and oxygen atoms in total. The van der Waals surface area contributed by atoms with Crippen LogP contribution in [-0.2, 0) is 4.74 Å². The largest absolute Gasteiger partial charge is 0.444 e. The quantitative estimate of drug-likeness (QED) is 0.808. The van der Waals surface area contributed by atoms with Crippen molar-refractivity contribution in [2.24, 2.45) is 11.8 Å². The summed E-state index contributed by atoms with van der Waals surface area (Å²) in [5.74, 6) is 1.48. The molecule has 2 aliphatic rings. The topological polar surface area (TPSA) is 53.6 Å². The second-order valence-corrected chi connectivity index (χ2v) is 8.98. The van der Waals surface area contributed by atoms with Crippen molar-refractivity contribution >= 4 is 6.09 Å². The van der Waals surface area contributed by atoms with E-state index in [0.29, 0.717) is 18.6 Å². The maximum Gasteiger partial charge on any atom is 0.407 e. The number of piperidine rings is 1. The van der Waals surface area contributed by atoms with Crippen LogP contribution in [0.15, 0.2) is 0 Å². The minimum absolute atomic E-state index is 0.260. The number of hydrogen-bond acceptors (Lipinski definition) is 4. The zero-order chi connectivity index (χ0) is 17.9. The molecule has 0 aromatic carbocycles. The van der Waals surface area contributed by atoms with Gasteiger partial charge in [-0.3, -0.25) is 0 Å². The van der Waals surface area contributed by atoms with E-state index in [1.54, 1.807) is 0 Å². The lowest BCUT2D eigenvalue weighted by Gasteiger charge is -2.49. The number of nitrogens with one attached hydrogen (secondary N) is 2. The second-order valence-electron chi connectivity index (χ2n) is 8.98. The number of likely N-dealkylation sites (tertiary alicyclic amines) is 1. The summed E-state index contributed by atoms with van der Waals surface area (Å²) in [6, 6.07) is 1.49. The predicted octanol–water partition coefficient (Wildman–Crippen LogP) is 3.00. The summed E-state index contributed by atoms with van der Waals surface area (Å²) in [6.45, 7) is 15.4. The van der Waals surface area contributed by atoms with Crippen molar-refractivity contribution in [3.63, 3.8) is 0 Å². The highest BCUT2D eigenvalue weighted by Crippen LogP contribution is 2.35. The molecule has 0 aromatic rings. The van der Waals surface area contributed by atoms with E-state index in [1.165, 1.54) is 32.4 Å². The van der Waals surface area contributed by atoms with Crippen LogP contribution < -0.4 is 10.6 Å². The molecule has 1 saturated heterocycles. The first-order chi connectivity index (χ1) is 11.2. The number of nitrogens with zero attached hydrogens (tertiary/aromatic N) is 1. The SMILES string of the molecule is CC(CNC(=O)OC(C)(C)C)NC1C2CCCC1CN(C(C)C)C2. The molecule has 0 radical (unpaired) electrons. The lowest BCUT2D eigenvalue weighted by atomic mass is 9.73. The van der Waals surface area contributed by atoms with E-state index >= 15 is 0 Å². The lowest BCUT2D eigenvalue weighted by Crippen LogP contribution is -2.60. The van der Waals surface area contributed by atoms with Gasteiger partial charge in [0.1, 0.15) is 5.60 Å². The Bertz CT molecular complexity index is 405. The molecular formula is C19H37N3O2. The predicted molar refractivity (Wildman–Crippen MR) is 98.2 cm³/mol. The van der Waals surface area contributed by atoms with Gasteiger partial charge in [0, 0.05) is 37.8 Å². The highest BCUT2D eigenvalue weighted by molar-refractivity contribution is 5.67. The minimum atomic E-state index is -0.443. The Kier molecular flexibility index (Phi) is 6.54. The van der Waals surface area contributed by atoms with Crippen molar-refractivity contribution in [2.75, 3.05) is 19.6 Å². The molecule has 1 heterocycles. The van der Waals surface area contributed by atoms with E-state index in [-0.39, 0.29) is 12.1 Å². The maximum absolute atomic E-state index is 11.8. The smallest absolute Gasteiger partial charge is 0.407 e. The van der Waals surface area contributed by atoms with E-state index in [1.807, 2.05) is 20.8 Å². The number of amides is 1. The zero-order valence-corrected chi connectivity index (χ0v) is 16.4. The van der Waals surface area contributed by atoms with Crippen LogP contribution >= 0.6 is 0 Å². The van der Waals surface area contributed by atoms with Gasteiger partial charge in [0.15, 0.2) is 0 Å². The van der Waals surface area contributed by atoms with Gasteiger partial charge < -0.3 is 20.3 Å². The van der Waals surface area contributed by atoms with Crippen molar-refractivity contribution in [3.05, 3.63) is 0 Å². The number of hydrogen-bond donors (Lipinski definition) is 2.